The summed E-state index contributed by atoms with van der Waals surface area (Å²) in [7, 11) is 0. The van der Waals surface area contributed by atoms with Crippen LogP contribution in [0.1, 0.15) is 12.0 Å². The average Bonchev–Trinajstić information content (AvgIpc) is 3.20. The quantitative estimate of drug-likeness (QED) is 0.622. The molecule has 5 nitrogen and oxygen atoms in total. The van der Waals surface area contributed by atoms with Crippen molar-refractivity contribution in [2.45, 2.75) is 18.7 Å². The highest BCUT2D eigenvalue weighted by molar-refractivity contribution is 5.84. The van der Waals surface area contributed by atoms with Gasteiger partial charge < -0.3 is 14.4 Å². The Hall–Kier alpha value is -3.29. The Morgan fingerprint density at radius 3 is 2.70 bits per heavy atom. The Kier molecular flexibility index (Phi) is 5.48. The van der Waals surface area contributed by atoms with Crippen LogP contribution in [0.4, 0.5) is 13.2 Å². The third-order valence-corrected chi connectivity index (χ3v) is 4.93. The number of amides is 1. The van der Waals surface area contributed by atoms with Gasteiger partial charge in [0.05, 0.1) is 12.1 Å². The predicted molar refractivity (Wildman–Crippen MR) is 104 cm³/mol. The summed E-state index contributed by atoms with van der Waals surface area (Å²) < 4.78 is 49.6. The van der Waals surface area contributed by atoms with Crippen LogP contribution in [-0.4, -0.2) is 41.6 Å². The van der Waals surface area contributed by atoms with E-state index in [1.165, 1.54) is 0 Å². The number of aromatic nitrogens is 1. The van der Waals surface area contributed by atoms with Crippen molar-refractivity contribution in [3.8, 4) is 11.6 Å². The van der Waals surface area contributed by atoms with Crippen LogP contribution in [0.15, 0.2) is 60.8 Å². The molecule has 0 spiro atoms. The van der Waals surface area contributed by atoms with E-state index in [1.54, 1.807) is 4.90 Å². The average molecular weight is 416 g/mol. The van der Waals surface area contributed by atoms with Gasteiger partial charge in [-0.05, 0) is 29.0 Å². The van der Waals surface area contributed by atoms with Crippen molar-refractivity contribution in [2.75, 3.05) is 19.7 Å². The minimum Gasteiger partial charge on any atom is -0.484 e. The molecule has 0 radical (unpaired) electrons. The van der Waals surface area contributed by atoms with Crippen LogP contribution in [-0.2, 0) is 11.0 Å². The minimum atomic E-state index is -4.46. The fraction of sp³-hybridized carbons (Fsp3) is 0.273. The van der Waals surface area contributed by atoms with Crippen LogP contribution < -0.4 is 9.47 Å². The topological polar surface area (TPSA) is 51.7 Å². The number of alkyl halides is 3. The molecule has 0 aliphatic carbocycles. The molecule has 4 rings (SSSR count). The summed E-state index contributed by atoms with van der Waals surface area (Å²) in [6.45, 7) is 0.605. The summed E-state index contributed by atoms with van der Waals surface area (Å²) in [5, 5.41) is 2.10. The number of carbonyl (C=O) groups is 1. The van der Waals surface area contributed by atoms with E-state index in [4.69, 9.17) is 9.47 Å². The minimum absolute atomic E-state index is 0.100. The van der Waals surface area contributed by atoms with E-state index in [1.807, 2.05) is 42.5 Å². The molecule has 1 aliphatic heterocycles. The molecule has 1 aliphatic rings. The van der Waals surface area contributed by atoms with E-state index in [-0.39, 0.29) is 24.9 Å². The van der Waals surface area contributed by atoms with E-state index in [9.17, 15) is 18.0 Å². The maximum Gasteiger partial charge on any atom is 0.416 e. The Bertz CT molecular complexity index is 1050. The Morgan fingerprint density at radius 1 is 1.10 bits per heavy atom. The van der Waals surface area contributed by atoms with Gasteiger partial charge in [0, 0.05) is 25.2 Å². The normalized spacial score (nSPS) is 16.6. The van der Waals surface area contributed by atoms with Crippen molar-refractivity contribution in [2.24, 2.45) is 0 Å². The van der Waals surface area contributed by atoms with Crippen LogP contribution in [0.2, 0.25) is 0 Å². The molecular weight excluding hydrogens is 397 g/mol. The zero-order chi connectivity index (χ0) is 21.1. The predicted octanol–water partition coefficient (Wildman–Crippen LogP) is 4.31. The number of hydrogen-bond donors (Lipinski definition) is 0. The molecule has 30 heavy (non-hydrogen) atoms. The van der Waals surface area contributed by atoms with Crippen molar-refractivity contribution in [1.82, 2.24) is 9.88 Å². The number of hydrogen-bond acceptors (Lipinski definition) is 4. The smallest absolute Gasteiger partial charge is 0.416 e. The number of ether oxygens (including phenoxy) is 2. The molecular formula is C22H19F3N2O3. The van der Waals surface area contributed by atoms with Crippen LogP contribution in [0.5, 0.6) is 11.6 Å². The van der Waals surface area contributed by atoms with Gasteiger partial charge in [-0.1, -0.05) is 30.3 Å². The summed E-state index contributed by atoms with van der Waals surface area (Å²) in [6.07, 6.45) is -3.29. The molecule has 8 heteroatoms. The first kappa shape index (κ1) is 20.0. The van der Waals surface area contributed by atoms with Gasteiger partial charge in [0.1, 0.15) is 11.9 Å². The van der Waals surface area contributed by atoms with Gasteiger partial charge in [-0.25, -0.2) is 4.98 Å². The molecule has 1 atom stereocenters. The lowest BCUT2D eigenvalue weighted by Gasteiger charge is -2.17. The molecule has 0 bridgehead atoms. The van der Waals surface area contributed by atoms with Gasteiger partial charge in [-0.2, -0.15) is 13.2 Å². The highest BCUT2D eigenvalue weighted by Crippen LogP contribution is 2.31. The number of benzene rings is 2. The maximum absolute atomic E-state index is 12.8. The molecule has 1 unspecified atom stereocenters. The molecule has 156 valence electrons. The monoisotopic (exact) mass is 416 g/mol. The summed E-state index contributed by atoms with van der Waals surface area (Å²) in [6, 6.07) is 15.2. The van der Waals surface area contributed by atoms with Gasteiger partial charge in [0.15, 0.2) is 6.61 Å². The summed E-state index contributed by atoms with van der Waals surface area (Å²) in [5.41, 5.74) is -0.817. The molecule has 0 saturated carbocycles. The Balaban J connectivity index is 1.31. The fourth-order valence-corrected chi connectivity index (χ4v) is 3.37. The van der Waals surface area contributed by atoms with Gasteiger partial charge in [0.25, 0.3) is 5.91 Å². The van der Waals surface area contributed by atoms with Gasteiger partial charge in [-0.15, -0.1) is 0 Å². The number of fused-ring (bicyclic) bond motifs is 1. The first-order valence-corrected chi connectivity index (χ1v) is 9.48. The van der Waals surface area contributed by atoms with Crippen LogP contribution in [0, 0.1) is 0 Å². The van der Waals surface area contributed by atoms with Gasteiger partial charge in [0.2, 0.25) is 5.88 Å². The van der Waals surface area contributed by atoms with E-state index in [0.717, 1.165) is 29.1 Å². The number of halogens is 3. The second-order valence-electron chi connectivity index (χ2n) is 7.05. The van der Waals surface area contributed by atoms with Crippen LogP contribution in [0.3, 0.4) is 0 Å². The second-order valence-corrected chi connectivity index (χ2v) is 7.05. The Labute approximate surface area is 171 Å². The molecule has 1 fully saturated rings. The third-order valence-electron chi connectivity index (χ3n) is 4.93. The molecule has 1 saturated heterocycles. The van der Waals surface area contributed by atoms with E-state index in [2.05, 4.69) is 4.98 Å². The first-order chi connectivity index (χ1) is 14.4. The zero-order valence-corrected chi connectivity index (χ0v) is 15.9. The fourth-order valence-electron chi connectivity index (χ4n) is 3.37. The summed E-state index contributed by atoms with van der Waals surface area (Å²) >= 11 is 0. The summed E-state index contributed by atoms with van der Waals surface area (Å²) in [5.74, 6) is 0.296. The molecule has 2 heterocycles. The van der Waals surface area contributed by atoms with E-state index >= 15 is 0 Å². The van der Waals surface area contributed by atoms with Crippen LogP contribution >= 0.6 is 0 Å². The second kappa shape index (κ2) is 8.22. The highest BCUT2D eigenvalue weighted by Gasteiger charge is 2.32. The van der Waals surface area contributed by atoms with Crippen molar-refractivity contribution >= 4 is 16.7 Å². The van der Waals surface area contributed by atoms with Crippen LogP contribution in [0.25, 0.3) is 10.8 Å². The molecule has 3 aromatic rings. The number of likely N-dealkylation sites (tertiary alicyclic amines) is 1. The van der Waals surface area contributed by atoms with Crippen molar-refractivity contribution in [3.05, 3.63) is 66.4 Å². The number of carbonyl (C=O) groups excluding carboxylic acids is 1. The van der Waals surface area contributed by atoms with E-state index in [0.29, 0.717) is 18.7 Å². The maximum atomic E-state index is 12.8. The highest BCUT2D eigenvalue weighted by atomic mass is 19.4. The number of rotatable bonds is 5. The lowest BCUT2D eigenvalue weighted by Crippen LogP contribution is -2.34. The zero-order valence-electron chi connectivity index (χ0n) is 15.9. The van der Waals surface area contributed by atoms with Gasteiger partial charge >= 0.3 is 6.18 Å². The van der Waals surface area contributed by atoms with Gasteiger partial charge in [-0.3, -0.25) is 4.79 Å². The Morgan fingerprint density at radius 2 is 1.90 bits per heavy atom. The van der Waals surface area contributed by atoms with Crippen molar-refractivity contribution in [1.29, 1.82) is 0 Å². The third kappa shape index (κ3) is 4.64. The largest absolute Gasteiger partial charge is 0.484 e. The molecule has 0 N–H and O–H groups in total. The molecule has 1 aromatic heterocycles. The molecule has 1 amide bonds. The van der Waals surface area contributed by atoms with E-state index < -0.39 is 17.8 Å². The molecule has 2 aromatic carbocycles. The standard InChI is InChI=1S/C22H19F3N2O3/c23-22(24,25)17-7-9-26-20(12-17)30-19-8-10-27(13-19)21(28)14-29-18-6-5-15-3-1-2-4-16(15)11-18/h1-7,9,11-12,19H,8,10,13-14H2. The lowest BCUT2D eigenvalue weighted by molar-refractivity contribution is -0.137. The summed E-state index contributed by atoms with van der Waals surface area (Å²) in [4.78, 5) is 17.9. The lowest BCUT2D eigenvalue weighted by atomic mass is 10.1. The van der Waals surface area contributed by atoms with Crippen molar-refractivity contribution < 1.29 is 27.4 Å². The number of nitrogens with zero attached hydrogens (tertiary/aromatic N) is 2. The number of pyridine rings is 1. The first-order valence-electron chi connectivity index (χ1n) is 9.48. The van der Waals surface area contributed by atoms with Crippen molar-refractivity contribution in [3.63, 3.8) is 0 Å². The SMILES string of the molecule is O=C(COc1ccc2ccccc2c1)N1CCC(Oc2cc(C(F)(F)F)ccn2)C1.